The minimum atomic E-state index is -4.93. The highest BCUT2D eigenvalue weighted by molar-refractivity contribution is 7.90. The highest BCUT2D eigenvalue weighted by Gasteiger charge is 2.62. The summed E-state index contributed by atoms with van der Waals surface area (Å²) in [5.41, 5.74) is -2.13. The first kappa shape index (κ1) is 23.4. The maximum atomic E-state index is 13.9. The molecule has 1 amide bonds. The molecule has 0 bridgehead atoms. The van der Waals surface area contributed by atoms with Gasteiger partial charge < -0.3 is 15.2 Å². The summed E-state index contributed by atoms with van der Waals surface area (Å²) in [6.45, 7) is -0.620. The number of amides is 1. The van der Waals surface area contributed by atoms with Crippen LogP contribution in [-0.4, -0.2) is 50.7 Å². The molecule has 1 unspecified atom stereocenters. The van der Waals surface area contributed by atoms with Crippen LogP contribution in [0.25, 0.3) is 0 Å². The van der Waals surface area contributed by atoms with Crippen LogP contribution in [0.3, 0.4) is 0 Å². The number of hydrogen-bond donors (Lipinski definition) is 2. The number of sulfone groups is 1. The predicted molar refractivity (Wildman–Crippen MR) is 99.8 cm³/mol. The Morgan fingerprint density at radius 1 is 1.31 bits per heavy atom. The largest absolute Gasteiger partial charge is 0.426 e. The standard InChI is InChI=1S/C19H24F3NO5S/c1-29(26,27)16-8-6-15(7-9-16)13-23-17(25)18(19(20,21)22)12-14(4-2-10-24)5-3-11-28-18/h4,6-9,24H,2-3,5,10-13H2,1H3,(H,23,25). The molecule has 1 aromatic rings. The number of ether oxygens (including phenoxy) is 1. The van der Waals surface area contributed by atoms with Crippen LogP contribution in [0.4, 0.5) is 13.2 Å². The molecule has 1 aliphatic rings. The number of aliphatic hydroxyl groups excluding tert-OH is 1. The molecule has 0 spiro atoms. The Balaban J connectivity index is 2.20. The summed E-state index contributed by atoms with van der Waals surface area (Å²) >= 11 is 0. The topological polar surface area (TPSA) is 92.7 Å². The molecule has 2 rings (SSSR count). The summed E-state index contributed by atoms with van der Waals surface area (Å²) in [6, 6.07) is 5.51. The number of benzene rings is 1. The Kier molecular flexibility index (Phi) is 7.47. The summed E-state index contributed by atoms with van der Waals surface area (Å²) in [5, 5.41) is 11.2. The lowest BCUT2D eigenvalue weighted by molar-refractivity contribution is -0.265. The van der Waals surface area contributed by atoms with Gasteiger partial charge in [-0.2, -0.15) is 13.2 Å². The van der Waals surface area contributed by atoms with E-state index in [9.17, 15) is 26.4 Å². The fourth-order valence-electron chi connectivity index (χ4n) is 3.08. The normalized spacial score (nSPS) is 22.3. The zero-order chi connectivity index (χ0) is 21.7. The van der Waals surface area contributed by atoms with Crippen molar-refractivity contribution in [3.63, 3.8) is 0 Å². The van der Waals surface area contributed by atoms with Crippen LogP contribution >= 0.6 is 0 Å². The van der Waals surface area contributed by atoms with Crippen LogP contribution in [0.2, 0.25) is 0 Å². The molecular formula is C19H24F3NO5S. The fourth-order valence-corrected chi connectivity index (χ4v) is 3.71. The van der Waals surface area contributed by atoms with Crippen molar-refractivity contribution in [2.75, 3.05) is 19.5 Å². The minimum Gasteiger partial charge on any atom is -0.396 e. The number of aliphatic hydroxyl groups is 1. The molecule has 1 aliphatic heterocycles. The van der Waals surface area contributed by atoms with Gasteiger partial charge in [-0.15, -0.1) is 0 Å². The molecule has 2 N–H and O–H groups in total. The molecule has 162 valence electrons. The van der Waals surface area contributed by atoms with E-state index in [0.29, 0.717) is 24.0 Å². The van der Waals surface area contributed by atoms with Crippen molar-refractivity contribution in [2.24, 2.45) is 0 Å². The van der Waals surface area contributed by atoms with Gasteiger partial charge in [0.1, 0.15) is 0 Å². The van der Waals surface area contributed by atoms with Gasteiger partial charge in [0, 0.05) is 32.4 Å². The Hall–Kier alpha value is -1.91. The summed E-state index contributed by atoms with van der Waals surface area (Å²) < 4.78 is 69.7. The van der Waals surface area contributed by atoms with Gasteiger partial charge >= 0.3 is 6.18 Å². The average molecular weight is 435 g/mol. The summed E-state index contributed by atoms with van der Waals surface area (Å²) in [6.07, 6.45) is -2.09. The van der Waals surface area contributed by atoms with Gasteiger partial charge in [-0.05, 0) is 37.0 Å². The molecule has 1 fully saturated rings. The number of halogens is 3. The third-order valence-corrected chi connectivity index (χ3v) is 5.79. The first-order valence-corrected chi connectivity index (χ1v) is 11.0. The maximum absolute atomic E-state index is 13.9. The van der Waals surface area contributed by atoms with E-state index in [2.05, 4.69) is 5.32 Å². The Labute approximate surface area is 167 Å². The Bertz CT molecular complexity index is 850. The molecule has 0 radical (unpaired) electrons. The van der Waals surface area contributed by atoms with Crippen LogP contribution in [0.15, 0.2) is 40.8 Å². The number of carbonyl (C=O) groups excluding carboxylic acids is 1. The van der Waals surface area contributed by atoms with Gasteiger partial charge in [-0.3, -0.25) is 4.79 Å². The fraction of sp³-hybridized carbons (Fsp3) is 0.526. The smallest absolute Gasteiger partial charge is 0.396 e. The van der Waals surface area contributed by atoms with Crippen molar-refractivity contribution in [3.05, 3.63) is 41.5 Å². The summed E-state index contributed by atoms with van der Waals surface area (Å²) in [7, 11) is -3.40. The SMILES string of the molecule is CS(=O)(=O)c1ccc(CNC(=O)C2(C(F)(F)F)CC(=CCCO)CCCO2)cc1. The van der Waals surface area contributed by atoms with Gasteiger partial charge in [0.05, 0.1) is 4.90 Å². The highest BCUT2D eigenvalue weighted by Crippen LogP contribution is 2.41. The molecule has 1 saturated heterocycles. The Morgan fingerprint density at radius 3 is 2.52 bits per heavy atom. The number of rotatable bonds is 6. The van der Waals surface area contributed by atoms with E-state index in [-0.39, 0.29) is 31.1 Å². The average Bonchev–Trinajstić information content (AvgIpc) is 2.87. The van der Waals surface area contributed by atoms with E-state index < -0.39 is 33.9 Å². The second kappa shape index (κ2) is 9.27. The van der Waals surface area contributed by atoms with E-state index in [0.717, 1.165) is 6.26 Å². The first-order chi connectivity index (χ1) is 13.5. The quantitative estimate of drug-likeness (QED) is 0.670. The van der Waals surface area contributed by atoms with Crippen LogP contribution in [0.5, 0.6) is 0 Å². The van der Waals surface area contributed by atoms with E-state index in [1.165, 1.54) is 30.3 Å². The lowest BCUT2D eigenvalue weighted by atomic mass is 9.90. The van der Waals surface area contributed by atoms with Crippen LogP contribution < -0.4 is 5.32 Å². The van der Waals surface area contributed by atoms with Crippen molar-refractivity contribution in [3.8, 4) is 0 Å². The van der Waals surface area contributed by atoms with E-state index >= 15 is 0 Å². The molecule has 0 saturated carbocycles. The molecule has 6 nitrogen and oxygen atoms in total. The lowest BCUT2D eigenvalue weighted by Gasteiger charge is -2.33. The second-order valence-corrected chi connectivity index (χ2v) is 8.94. The number of carbonyl (C=O) groups is 1. The second-order valence-electron chi connectivity index (χ2n) is 6.93. The zero-order valence-corrected chi connectivity index (χ0v) is 16.8. The lowest BCUT2D eigenvalue weighted by Crippen LogP contribution is -2.58. The van der Waals surface area contributed by atoms with Crippen LogP contribution in [0, 0.1) is 0 Å². The van der Waals surface area contributed by atoms with E-state index in [4.69, 9.17) is 9.84 Å². The van der Waals surface area contributed by atoms with Gasteiger partial charge in [-0.1, -0.05) is 23.8 Å². The predicted octanol–water partition coefficient (Wildman–Crippen LogP) is 2.52. The first-order valence-electron chi connectivity index (χ1n) is 9.06. The monoisotopic (exact) mass is 435 g/mol. The molecular weight excluding hydrogens is 411 g/mol. The molecule has 10 heteroatoms. The highest BCUT2D eigenvalue weighted by atomic mass is 32.2. The molecule has 0 aromatic heterocycles. The van der Waals surface area contributed by atoms with Crippen molar-refractivity contribution in [1.82, 2.24) is 5.32 Å². The van der Waals surface area contributed by atoms with Crippen molar-refractivity contribution in [2.45, 2.75) is 48.9 Å². The molecule has 29 heavy (non-hydrogen) atoms. The zero-order valence-electron chi connectivity index (χ0n) is 16.0. The molecule has 1 heterocycles. The van der Waals surface area contributed by atoms with E-state index in [1.807, 2.05) is 0 Å². The van der Waals surface area contributed by atoms with Crippen molar-refractivity contribution in [1.29, 1.82) is 0 Å². The number of nitrogens with one attached hydrogen (secondary N) is 1. The third kappa shape index (κ3) is 5.80. The van der Waals surface area contributed by atoms with Gasteiger partial charge in [0.2, 0.25) is 5.60 Å². The molecule has 1 atom stereocenters. The van der Waals surface area contributed by atoms with Crippen LogP contribution in [0.1, 0.15) is 31.2 Å². The molecule has 0 aliphatic carbocycles. The third-order valence-electron chi connectivity index (χ3n) is 4.66. The van der Waals surface area contributed by atoms with Crippen molar-refractivity contribution < 1.29 is 36.2 Å². The molecule has 1 aromatic carbocycles. The summed E-state index contributed by atoms with van der Waals surface area (Å²) in [5.74, 6) is -1.30. The maximum Gasteiger partial charge on any atom is 0.426 e. The van der Waals surface area contributed by atoms with Crippen molar-refractivity contribution >= 4 is 15.7 Å². The number of alkyl halides is 3. The van der Waals surface area contributed by atoms with Gasteiger partial charge in [0.15, 0.2) is 9.84 Å². The Morgan fingerprint density at radius 2 is 1.97 bits per heavy atom. The number of hydrogen-bond acceptors (Lipinski definition) is 5. The van der Waals surface area contributed by atoms with E-state index in [1.54, 1.807) is 0 Å². The van der Waals surface area contributed by atoms with Gasteiger partial charge in [0.25, 0.3) is 5.91 Å². The minimum absolute atomic E-state index is 0.0742. The summed E-state index contributed by atoms with van der Waals surface area (Å²) in [4.78, 5) is 12.7. The van der Waals surface area contributed by atoms with Gasteiger partial charge in [-0.25, -0.2) is 8.42 Å². The van der Waals surface area contributed by atoms with Crippen LogP contribution in [-0.2, 0) is 25.9 Å².